The fourth-order valence-electron chi connectivity index (χ4n) is 10.4. The number of nitrogens with zero attached hydrogens (tertiary/aromatic N) is 6. The van der Waals surface area contributed by atoms with E-state index >= 15 is 0 Å². The zero-order valence-corrected chi connectivity index (χ0v) is 48.6. The van der Waals surface area contributed by atoms with Crippen LogP contribution >= 0.6 is 11.3 Å². The van der Waals surface area contributed by atoms with Gasteiger partial charge in [0.25, 0.3) is 0 Å². The van der Waals surface area contributed by atoms with Crippen molar-refractivity contribution in [2.75, 3.05) is 0 Å². The van der Waals surface area contributed by atoms with E-state index in [9.17, 15) is 0 Å². The van der Waals surface area contributed by atoms with Crippen LogP contribution in [0.15, 0.2) is 97.3 Å². The molecular weight excluding hydrogens is 1110 g/mol. The van der Waals surface area contributed by atoms with E-state index in [4.69, 9.17) is 28.8 Å². The Morgan fingerprint density at radius 1 is 0.622 bits per heavy atom. The minimum absolute atomic E-state index is 0. The van der Waals surface area contributed by atoms with Crippen LogP contribution in [0, 0.1) is 19.0 Å². The first-order valence-electron chi connectivity index (χ1n) is 27.6. The number of hydrogen-bond acceptors (Lipinski definition) is 6. The molecule has 5 heterocycles. The summed E-state index contributed by atoms with van der Waals surface area (Å²) in [6.07, 6.45) is 3.31. The maximum atomic E-state index is 8.45. The van der Waals surface area contributed by atoms with Crippen molar-refractivity contribution in [3.8, 4) is 50.3 Å². The van der Waals surface area contributed by atoms with Crippen molar-refractivity contribution in [1.29, 1.82) is 0 Å². The Bertz CT molecular complexity index is 3800. The van der Waals surface area contributed by atoms with E-state index < -0.39 is 12.3 Å². The molecule has 0 atom stereocenters. The van der Waals surface area contributed by atoms with Crippen LogP contribution in [0.4, 0.5) is 0 Å². The average molecular weight is 1180 g/mol. The van der Waals surface area contributed by atoms with Crippen molar-refractivity contribution in [2.45, 2.75) is 152 Å². The number of pyridine rings is 2. The zero-order chi connectivity index (χ0) is 54.4. The van der Waals surface area contributed by atoms with Gasteiger partial charge in [-0.2, -0.15) is 11.3 Å². The van der Waals surface area contributed by atoms with Gasteiger partial charge < -0.3 is 14.1 Å². The molecule has 74 heavy (non-hydrogen) atoms. The van der Waals surface area contributed by atoms with Crippen molar-refractivity contribution >= 4 is 49.4 Å². The predicted molar refractivity (Wildman–Crippen MR) is 307 cm³/mol. The third-order valence-electron chi connectivity index (χ3n) is 14.4. The molecule has 0 bridgehead atoms. The summed E-state index contributed by atoms with van der Waals surface area (Å²) in [7, 11) is 0. The molecule has 0 unspecified atom stereocenters. The Morgan fingerprint density at radius 2 is 1.26 bits per heavy atom. The van der Waals surface area contributed by atoms with Gasteiger partial charge in [0, 0.05) is 39.1 Å². The van der Waals surface area contributed by atoms with Crippen molar-refractivity contribution < 1.29 is 29.9 Å². The van der Waals surface area contributed by atoms with E-state index in [1.54, 1.807) is 17.5 Å². The summed E-state index contributed by atoms with van der Waals surface area (Å²) >= 11 is 1.62. The summed E-state index contributed by atoms with van der Waals surface area (Å²) < 4.78 is 37.4. The molecule has 0 saturated carbocycles. The van der Waals surface area contributed by atoms with Crippen LogP contribution < -0.4 is 4.74 Å². The Balaban J connectivity index is 0.00000722. The third-order valence-corrected chi connectivity index (χ3v) is 15.5. The van der Waals surface area contributed by atoms with Crippen LogP contribution in [0.3, 0.4) is 0 Å². The van der Waals surface area contributed by atoms with Gasteiger partial charge in [0.1, 0.15) is 10.8 Å². The summed E-state index contributed by atoms with van der Waals surface area (Å²) in [6.45, 7) is 31.0. The van der Waals surface area contributed by atoms with Gasteiger partial charge in [0.05, 0.1) is 11.0 Å². The van der Waals surface area contributed by atoms with Gasteiger partial charge in [-0.3, -0.25) is 9.55 Å². The van der Waals surface area contributed by atoms with Crippen LogP contribution in [0.2, 0.25) is 0 Å². The predicted octanol–water partition coefficient (Wildman–Crippen LogP) is 18.6. The molecule has 7 nitrogen and oxygen atoms in total. The van der Waals surface area contributed by atoms with Crippen molar-refractivity contribution in [3.05, 3.63) is 154 Å². The molecule has 5 aromatic carbocycles. The largest absolute Gasteiger partial charge is 2.00 e. The molecule has 0 aliphatic rings. The second-order valence-electron chi connectivity index (χ2n) is 22.8. The van der Waals surface area contributed by atoms with Crippen molar-refractivity contribution in [2.24, 2.45) is 0 Å². The number of benzene rings is 5. The number of rotatable bonds is 12. The minimum atomic E-state index is -2.34. The zero-order valence-electron chi connectivity index (χ0n) is 48.5. The number of thiazole rings is 1. The normalized spacial score (nSPS) is 13.2. The number of hydrogen-bond donors (Lipinski definition) is 0. The quantitative estimate of drug-likeness (QED) is 0.114. The number of aromatic nitrogens is 6. The molecule has 0 amide bonds. The third kappa shape index (κ3) is 9.55. The average Bonchev–Trinajstić information content (AvgIpc) is 4.29. The Labute approximate surface area is 461 Å². The van der Waals surface area contributed by atoms with Crippen molar-refractivity contribution in [1.82, 2.24) is 28.9 Å². The van der Waals surface area contributed by atoms with Crippen LogP contribution in [-0.4, -0.2) is 28.9 Å². The van der Waals surface area contributed by atoms with Crippen LogP contribution in [0.1, 0.15) is 188 Å². The molecule has 0 aliphatic carbocycles. The second kappa shape index (κ2) is 20.3. The minimum Gasteiger partial charge on any atom is -0.503 e. The fourth-order valence-corrected chi connectivity index (χ4v) is 11.5. The van der Waals surface area contributed by atoms with Gasteiger partial charge in [-0.25, -0.2) is 9.97 Å². The maximum Gasteiger partial charge on any atom is 2.00 e. The molecule has 5 aromatic heterocycles. The molecule has 0 radical (unpaired) electrons. The molecule has 0 saturated heterocycles. The monoisotopic (exact) mass is 1180 g/mol. The first-order chi connectivity index (χ1) is 35.9. The van der Waals surface area contributed by atoms with Crippen LogP contribution in [-0.2, 0) is 26.5 Å². The Hall–Kier alpha value is -5.95. The molecule has 0 aliphatic heterocycles. The van der Waals surface area contributed by atoms with E-state index in [0.717, 1.165) is 48.4 Å². The van der Waals surface area contributed by atoms with Gasteiger partial charge in [0.2, 0.25) is 5.78 Å². The second-order valence-corrected chi connectivity index (χ2v) is 23.8. The molecule has 382 valence electrons. The van der Waals surface area contributed by atoms with Gasteiger partial charge in [-0.1, -0.05) is 158 Å². The first-order valence-corrected chi connectivity index (χ1v) is 26.9. The Kier molecular flexibility index (Phi) is 13.4. The molecule has 9 heteroatoms. The van der Waals surface area contributed by atoms with E-state index in [-0.39, 0.29) is 38.5 Å². The molecule has 0 N–H and O–H groups in total. The Morgan fingerprint density at radius 3 is 1.82 bits per heavy atom. The number of ether oxygens (including phenoxy) is 1. The number of aryl methyl sites for hydroxylation is 1. The maximum absolute atomic E-state index is 8.45. The number of fused-ring (bicyclic) bond motifs is 6. The summed E-state index contributed by atoms with van der Waals surface area (Å²) in [4.78, 5) is 20.5. The van der Waals surface area contributed by atoms with E-state index in [0.29, 0.717) is 63.6 Å². The van der Waals surface area contributed by atoms with Crippen LogP contribution in [0.25, 0.3) is 76.8 Å². The summed E-state index contributed by atoms with van der Waals surface area (Å²) in [5.74, 6) is 4.27. The molecular formula is C65H70N6OPtS. The van der Waals surface area contributed by atoms with Gasteiger partial charge >= 0.3 is 21.1 Å². The van der Waals surface area contributed by atoms with E-state index in [1.165, 1.54) is 45.1 Å². The topological polar surface area (TPSA) is 70.1 Å². The molecule has 10 aromatic rings. The summed E-state index contributed by atoms with van der Waals surface area (Å²) in [5.41, 5.74) is 17.5. The van der Waals surface area contributed by atoms with E-state index in [2.05, 4.69) is 153 Å². The van der Waals surface area contributed by atoms with Gasteiger partial charge in [0.15, 0.2) is 0 Å². The molecule has 10 rings (SSSR count). The standard InChI is InChI=1S/C65H70N6OS.Pt/c1-35(2)43-25-47(37(5)6)60(48(26-43)38(7)8)42-20-22-53-57(29-42)70-56-23-21-45(32-58(56)71(64(70)69-53)59-19-17-18-24-66-59)72-46-30-51(54-33-52(65(14,15)16)41(13)34-67-54)62-55(31-46)68-63(73-62)61-49(39(9)10)27-44(36(3)4)28-50(61)40(11)12;/h17-29,31,33-40H,1-16H3;/q-2;+2/i13D3;. The van der Waals surface area contributed by atoms with E-state index in [1.807, 2.05) is 57.2 Å². The van der Waals surface area contributed by atoms with Crippen molar-refractivity contribution in [3.63, 3.8) is 0 Å². The van der Waals surface area contributed by atoms with Crippen LogP contribution in [0.5, 0.6) is 11.5 Å². The molecule has 0 fully saturated rings. The summed E-state index contributed by atoms with van der Waals surface area (Å²) in [6, 6.07) is 37.3. The smallest absolute Gasteiger partial charge is 0.503 e. The van der Waals surface area contributed by atoms with Gasteiger partial charge in [-0.05, 0) is 149 Å². The first kappa shape index (κ1) is 49.0. The summed E-state index contributed by atoms with van der Waals surface area (Å²) in [5, 5.41) is 0.910. The fraction of sp³-hybridized carbons (Fsp3) is 0.354. The SMILES string of the molecule is [2H]C([2H])([2H])c1cnc(-c2[c-]c(Oc3[c-]c4c(cc3)n3c5cc(-c6c(C(C)C)cc(C(C)C)cc6C(C)C)ccc5nc3n4-c3ccccn3)cc3nc(-c4c(C(C)C)cc(C(C)C)cc4C(C)C)sc23)cc1C(C)(C)C.[Pt+2]. The number of imidazole rings is 2. The molecule has 0 spiro atoms. The van der Waals surface area contributed by atoms with Gasteiger partial charge in [-0.15, -0.1) is 23.8 Å².